The summed E-state index contributed by atoms with van der Waals surface area (Å²) in [6, 6.07) is 5.01. The molecule has 0 saturated carbocycles. The van der Waals surface area contributed by atoms with Crippen molar-refractivity contribution in [2.45, 2.75) is 58.5 Å². The number of rotatable bonds is 9. The lowest BCUT2D eigenvalue weighted by atomic mass is 10.1. The fourth-order valence-corrected chi connectivity index (χ4v) is 2.57. The summed E-state index contributed by atoms with van der Waals surface area (Å²) in [6.07, 6.45) is 1.99. The highest BCUT2D eigenvalue weighted by Crippen LogP contribution is 2.32. The number of halogens is 3. The highest BCUT2D eigenvalue weighted by atomic mass is 19.4. The molecule has 1 aromatic carbocycles. The Hall–Kier alpha value is -1.52. The number of carbonyl (C=O) groups is 1. The van der Waals surface area contributed by atoms with Crippen LogP contribution in [0, 0.1) is 0 Å². The van der Waals surface area contributed by atoms with Gasteiger partial charge in [-0.25, -0.2) is 0 Å². The normalized spacial score (nSPS) is 11.5. The first-order valence-corrected chi connectivity index (χ1v) is 8.37. The molecule has 23 heavy (non-hydrogen) atoms. The lowest BCUT2D eigenvalue weighted by molar-refractivity contribution is -0.138. The Bertz CT molecular complexity index is 485. The minimum atomic E-state index is -4.51. The van der Waals surface area contributed by atoms with Gasteiger partial charge in [0.1, 0.15) is 0 Å². The molecule has 0 radical (unpaired) electrons. The molecule has 0 aliphatic carbocycles. The lowest BCUT2D eigenvalue weighted by Gasteiger charge is -2.23. The number of unbranched alkanes of at least 4 members (excludes halogenated alkanes) is 5. The maximum atomic E-state index is 13.0. The van der Waals surface area contributed by atoms with Crippen LogP contribution in [-0.4, -0.2) is 23.9 Å². The van der Waals surface area contributed by atoms with Gasteiger partial charge in [-0.1, -0.05) is 51.2 Å². The van der Waals surface area contributed by atoms with Gasteiger partial charge in [-0.05, 0) is 25.5 Å². The molecular formula is C18H26F3NO. The molecule has 0 heterocycles. The summed E-state index contributed by atoms with van der Waals surface area (Å²) >= 11 is 0. The van der Waals surface area contributed by atoms with Gasteiger partial charge in [0.25, 0.3) is 5.91 Å². The van der Waals surface area contributed by atoms with Crippen molar-refractivity contribution in [1.29, 1.82) is 0 Å². The maximum absolute atomic E-state index is 13.0. The first kappa shape index (κ1) is 19.5. The van der Waals surface area contributed by atoms with Crippen LogP contribution in [0.5, 0.6) is 0 Å². The summed E-state index contributed by atoms with van der Waals surface area (Å²) in [7, 11) is 0. The molecular weight excluding hydrogens is 303 g/mol. The third-order valence-electron chi connectivity index (χ3n) is 3.91. The first-order valence-electron chi connectivity index (χ1n) is 8.37. The quantitative estimate of drug-likeness (QED) is 0.546. The zero-order valence-corrected chi connectivity index (χ0v) is 14.0. The number of benzene rings is 1. The van der Waals surface area contributed by atoms with Crippen LogP contribution >= 0.6 is 0 Å². The Kier molecular flexibility index (Phi) is 8.13. The molecule has 130 valence electrons. The number of nitrogens with zero attached hydrogens (tertiary/aromatic N) is 1. The van der Waals surface area contributed by atoms with E-state index in [9.17, 15) is 18.0 Å². The van der Waals surface area contributed by atoms with E-state index in [0.717, 1.165) is 25.3 Å². The van der Waals surface area contributed by atoms with Crippen molar-refractivity contribution in [2.75, 3.05) is 13.1 Å². The van der Waals surface area contributed by atoms with Crippen LogP contribution in [0.1, 0.15) is 68.3 Å². The van der Waals surface area contributed by atoms with Crippen LogP contribution in [0.15, 0.2) is 24.3 Å². The summed E-state index contributed by atoms with van der Waals surface area (Å²) in [5, 5.41) is 0. The van der Waals surface area contributed by atoms with Crippen LogP contribution in [0.2, 0.25) is 0 Å². The molecule has 2 nitrogen and oxygen atoms in total. The smallest absolute Gasteiger partial charge is 0.339 e. The van der Waals surface area contributed by atoms with E-state index in [2.05, 4.69) is 6.92 Å². The van der Waals surface area contributed by atoms with Gasteiger partial charge in [-0.2, -0.15) is 13.2 Å². The van der Waals surface area contributed by atoms with Gasteiger partial charge in [-0.15, -0.1) is 0 Å². The lowest BCUT2D eigenvalue weighted by Crippen LogP contribution is -2.33. The highest BCUT2D eigenvalue weighted by molar-refractivity contribution is 5.95. The van der Waals surface area contributed by atoms with E-state index in [0.29, 0.717) is 13.1 Å². The van der Waals surface area contributed by atoms with Gasteiger partial charge in [0.05, 0.1) is 11.1 Å². The Morgan fingerprint density at radius 2 is 1.61 bits per heavy atom. The third kappa shape index (κ3) is 6.24. The van der Waals surface area contributed by atoms with Crippen molar-refractivity contribution < 1.29 is 18.0 Å². The van der Waals surface area contributed by atoms with E-state index in [1.54, 1.807) is 6.92 Å². The van der Waals surface area contributed by atoms with Gasteiger partial charge >= 0.3 is 6.18 Å². The summed E-state index contributed by atoms with van der Waals surface area (Å²) in [5.74, 6) is -0.533. The topological polar surface area (TPSA) is 20.3 Å². The minimum Gasteiger partial charge on any atom is -0.339 e. The maximum Gasteiger partial charge on any atom is 0.417 e. The molecule has 0 aliphatic heterocycles. The average Bonchev–Trinajstić information content (AvgIpc) is 2.53. The van der Waals surface area contributed by atoms with Gasteiger partial charge < -0.3 is 4.90 Å². The fourth-order valence-electron chi connectivity index (χ4n) is 2.57. The molecule has 0 unspecified atom stereocenters. The standard InChI is InChI=1S/C18H26F3NO/c1-3-5-6-7-8-11-14-22(4-2)17(23)15-12-9-10-13-16(15)18(19,20)21/h9-10,12-13H,3-8,11,14H2,1-2H3. The Balaban J connectivity index is 2.67. The van der Waals surface area contributed by atoms with Crippen molar-refractivity contribution >= 4 is 5.91 Å². The molecule has 0 spiro atoms. The molecule has 0 bridgehead atoms. The minimum absolute atomic E-state index is 0.257. The molecule has 1 rings (SSSR count). The second kappa shape index (κ2) is 9.58. The molecule has 1 amide bonds. The Morgan fingerprint density at radius 1 is 1.00 bits per heavy atom. The van der Waals surface area contributed by atoms with Crippen LogP contribution in [0.25, 0.3) is 0 Å². The van der Waals surface area contributed by atoms with E-state index in [4.69, 9.17) is 0 Å². The second-order valence-electron chi connectivity index (χ2n) is 5.70. The molecule has 0 saturated heterocycles. The van der Waals surface area contributed by atoms with Crippen LogP contribution in [0.3, 0.4) is 0 Å². The van der Waals surface area contributed by atoms with Crippen LogP contribution < -0.4 is 0 Å². The number of amides is 1. The predicted molar refractivity (Wildman–Crippen MR) is 86.4 cm³/mol. The van der Waals surface area contributed by atoms with Crippen molar-refractivity contribution in [3.63, 3.8) is 0 Å². The van der Waals surface area contributed by atoms with E-state index in [-0.39, 0.29) is 5.56 Å². The SMILES string of the molecule is CCCCCCCCN(CC)C(=O)c1ccccc1C(F)(F)F. The van der Waals surface area contributed by atoms with Crippen LogP contribution in [-0.2, 0) is 6.18 Å². The number of hydrogen-bond acceptors (Lipinski definition) is 1. The van der Waals surface area contributed by atoms with Crippen molar-refractivity contribution in [2.24, 2.45) is 0 Å². The zero-order valence-electron chi connectivity index (χ0n) is 14.0. The van der Waals surface area contributed by atoms with E-state index in [1.807, 2.05) is 0 Å². The number of alkyl halides is 3. The van der Waals surface area contributed by atoms with Crippen molar-refractivity contribution in [3.05, 3.63) is 35.4 Å². The molecule has 0 aromatic heterocycles. The molecule has 0 fully saturated rings. The number of hydrogen-bond donors (Lipinski definition) is 0. The largest absolute Gasteiger partial charge is 0.417 e. The summed E-state index contributed by atoms with van der Waals surface area (Å²) in [4.78, 5) is 13.9. The van der Waals surface area contributed by atoms with E-state index in [1.165, 1.54) is 42.4 Å². The van der Waals surface area contributed by atoms with Gasteiger partial charge in [0, 0.05) is 13.1 Å². The fraction of sp³-hybridized carbons (Fsp3) is 0.611. The molecule has 0 aliphatic rings. The Morgan fingerprint density at radius 3 is 2.22 bits per heavy atom. The van der Waals surface area contributed by atoms with Crippen molar-refractivity contribution in [3.8, 4) is 0 Å². The van der Waals surface area contributed by atoms with Gasteiger partial charge in [0.2, 0.25) is 0 Å². The van der Waals surface area contributed by atoms with Gasteiger partial charge in [0.15, 0.2) is 0 Å². The third-order valence-corrected chi connectivity index (χ3v) is 3.91. The average molecular weight is 329 g/mol. The second-order valence-corrected chi connectivity index (χ2v) is 5.70. The van der Waals surface area contributed by atoms with E-state index < -0.39 is 17.6 Å². The molecule has 0 atom stereocenters. The monoisotopic (exact) mass is 329 g/mol. The van der Waals surface area contributed by atoms with Crippen LogP contribution in [0.4, 0.5) is 13.2 Å². The highest BCUT2D eigenvalue weighted by Gasteiger charge is 2.35. The predicted octanol–water partition coefficient (Wildman–Crippen LogP) is 5.53. The summed E-state index contributed by atoms with van der Waals surface area (Å²) in [5.41, 5.74) is -1.11. The van der Waals surface area contributed by atoms with Crippen molar-refractivity contribution in [1.82, 2.24) is 4.90 Å². The Labute approximate surface area is 136 Å². The summed E-state index contributed by atoms with van der Waals surface area (Å²) < 4.78 is 39.1. The molecule has 5 heteroatoms. The van der Waals surface area contributed by atoms with Gasteiger partial charge in [-0.3, -0.25) is 4.79 Å². The zero-order chi connectivity index (χ0) is 17.3. The summed E-state index contributed by atoms with van der Waals surface area (Å²) in [6.45, 7) is 4.87. The molecule has 0 N–H and O–H groups in total. The van der Waals surface area contributed by atoms with E-state index >= 15 is 0 Å². The first-order chi connectivity index (χ1) is 10.9. The number of carbonyl (C=O) groups excluding carboxylic acids is 1. The molecule has 1 aromatic rings.